The summed E-state index contributed by atoms with van der Waals surface area (Å²) in [4.78, 5) is 4.80. The summed E-state index contributed by atoms with van der Waals surface area (Å²) in [5.41, 5.74) is 16.1. The van der Waals surface area contributed by atoms with Crippen molar-refractivity contribution in [1.82, 2.24) is 0 Å². The van der Waals surface area contributed by atoms with Crippen molar-refractivity contribution >= 4 is 66.0 Å². The van der Waals surface area contributed by atoms with Crippen LogP contribution in [-0.2, 0) is 16.2 Å². The Balaban J connectivity index is 1.45. The molecule has 0 bridgehead atoms. The highest BCUT2D eigenvalue weighted by Crippen LogP contribution is 2.76. The maximum atomic E-state index is 3.70. The van der Waals surface area contributed by atoms with Gasteiger partial charge >= 0.3 is 0 Å². The molecular formula is C52H54Br2N2. The number of hydrogen-bond donors (Lipinski definition) is 0. The van der Waals surface area contributed by atoms with Gasteiger partial charge in [-0.05, 0) is 154 Å². The van der Waals surface area contributed by atoms with Crippen LogP contribution in [0.1, 0.15) is 90.1 Å². The van der Waals surface area contributed by atoms with Gasteiger partial charge in [-0.1, -0.05) is 142 Å². The summed E-state index contributed by atoms with van der Waals surface area (Å²) in [7, 11) is 0. The molecule has 56 heavy (non-hydrogen) atoms. The predicted octanol–water partition coefficient (Wildman–Crippen LogP) is 16.3. The molecule has 0 saturated carbocycles. The summed E-state index contributed by atoms with van der Waals surface area (Å²) in [6, 6.07) is 47.4. The number of halogens is 2. The lowest BCUT2D eigenvalue weighted by Crippen LogP contribution is -2.54. The first-order valence-electron chi connectivity index (χ1n) is 19.9. The number of anilines is 6. The normalized spacial score (nSPS) is 17.7. The van der Waals surface area contributed by atoms with Gasteiger partial charge in [0.15, 0.2) is 0 Å². The van der Waals surface area contributed by atoms with Gasteiger partial charge in [0.2, 0.25) is 0 Å². The van der Waals surface area contributed by atoms with Crippen molar-refractivity contribution in [3.8, 4) is 11.1 Å². The van der Waals surface area contributed by atoms with Gasteiger partial charge in [0.1, 0.15) is 0 Å². The zero-order valence-corrected chi connectivity index (χ0v) is 37.9. The third-order valence-electron chi connectivity index (χ3n) is 15.1. The molecule has 0 unspecified atom stereocenters. The molecule has 0 radical (unpaired) electrons. The van der Waals surface area contributed by atoms with Crippen LogP contribution in [0.5, 0.6) is 0 Å². The van der Waals surface area contributed by atoms with E-state index in [0.717, 1.165) is 43.1 Å². The molecule has 0 atom stereocenters. The Labute approximate surface area is 352 Å². The number of hydrogen-bond acceptors (Lipinski definition) is 2. The van der Waals surface area contributed by atoms with Gasteiger partial charge in [-0.15, -0.1) is 0 Å². The minimum absolute atomic E-state index is 0.0108. The van der Waals surface area contributed by atoms with Crippen molar-refractivity contribution in [2.45, 2.75) is 92.4 Å². The number of nitrogens with zero attached hydrogens (tertiary/aromatic N) is 2. The fourth-order valence-electron chi connectivity index (χ4n) is 10.1. The van der Waals surface area contributed by atoms with E-state index in [1.807, 2.05) is 0 Å². The number of benzene rings is 6. The van der Waals surface area contributed by atoms with Crippen molar-refractivity contribution in [2.75, 3.05) is 9.80 Å². The standard InChI is InChI=1S/C52H54Br2N2/c1-33-12-20-39(21-13-33)55(40-22-14-34(2)15-23-40)43-28-35(29-44(32-43)56(41-24-16-37(53)17-25-41)42-26-18-38(54)19-27-42)36-30-45-47-46(31-36)49(5,6)51(9,10)52(47,11)50(7,8)48(45,3)4/h12-32H,1-11H3. The molecule has 0 fully saturated rings. The molecule has 6 aromatic carbocycles. The number of rotatable bonds is 7. The van der Waals surface area contributed by atoms with Crippen LogP contribution < -0.4 is 9.80 Å². The van der Waals surface area contributed by atoms with Crippen LogP contribution >= 0.6 is 31.9 Å². The van der Waals surface area contributed by atoms with Crippen molar-refractivity contribution in [1.29, 1.82) is 0 Å². The van der Waals surface area contributed by atoms with Gasteiger partial charge < -0.3 is 9.80 Å². The first kappa shape index (κ1) is 38.7. The Morgan fingerprint density at radius 3 is 1.02 bits per heavy atom. The van der Waals surface area contributed by atoms with Crippen LogP contribution in [0.15, 0.2) is 136 Å². The summed E-state index contributed by atoms with van der Waals surface area (Å²) in [6.45, 7) is 26.9. The van der Waals surface area contributed by atoms with E-state index in [-0.39, 0.29) is 27.1 Å². The minimum atomic E-state index is -0.0349. The van der Waals surface area contributed by atoms with Crippen LogP contribution in [0.2, 0.25) is 0 Å². The zero-order chi connectivity index (χ0) is 40.2. The van der Waals surface area contributed by atoms with Crippen LogP contribution in [0.25, 0.3) is 11.1 Å². The summed E-state index contributed by atoms with van der Waals surface area (Å²) in [5, 5.41) is 0. The maximum Gasteiger partial charge on any atom is 0.0488 e. The average Bonchev–Trinajstić information content (AvgIpc) is 3.37. The summed E-state index contributed by atoms with van der Waals surface area (Å²) in [6.07, 6.45) is 0. The van der Waals surface area contributed by atoms with E-state index in [2.05, 4.69) is 245 Å². The Kier molecular flexibility index (Phi) is 9.14. The van der Waals surface area contributed by atoms with Crippen LogP contribution in [0.4, 0.5) is 34.1 Å². The second kappa shape index (κ2) is 13.2. The molecule has 4 heteroatoms. The molecule has 0 saturated heterocycles. The monoisotopic (exact) mass is 864 g/mol. The van der Waals surface area contributed by atoms with E-state index in [1.54, 1.807) is 5.56 Å². The molecule has 2 nitrogen and oxygen atoms in total. The first-order chi connectivity index (χ1) is 26.3. The van der Waals surface area contributed by atoms with Gasteiger partial charge in [-0.25, -0.2) is 0 Å². The summed E-state index contributed by atoms with van der Waals surface area (Å²) >= 11 is 7.40. The summed E-state index contributed by atoms with van der Waals surface area (Å²) in [5.74, 6) is 0. The third-order valence-corrected chi connectivity index (χ3v) is 16.2. The molecular weight excluding hydrogens is 812 g/mol. The molecule has 6 aromatic rings. The highest BCUT2D eigenvalue weighted by Gasteiger charge is 2.72. The highest BCUT2D eigenvalue weighted by molar-refractivity contribution is 9.10. The van der Waals surface area contributed by atoms with E-state index >= 15 is 0 Å². The molecule has 0 amide bonds. The second-order valence-electron chi connectivity index (χ2n) is 18.6. The Morgan fingerprint density at radius 2 is 0.679 bits per heavy atom. The van der Waals surface area contributed by atoms with Gasteiger partial charge in [0.05, 0.1) is 0 Å². The largest absolute Gasteiger partial charge is 0.310 e. The van der Waals surface area contributed by atoms with E-state index in [4.69, 9.17) is 0 Å². The van der Waals surface area contributed by atoms with Crippen molar-refractivity contribution < 1.29 is 0 Å². The molecule has 0 aliphatic heterocycles. The van der Waals surface area contributed by atoms with E-state index in [9.17, 15) is 0 Å². The molecule has 286 valence electrons. The third kappa shape index (κ3) is 5.60. The average molecular weight is 867 g/mol. The maximum absolute atomic E-state index is 3.70. The van der Waals surface area contributed by atoms with Crippen LogP contribution in [0, 0.1) is 24.7 Å². The fraction of sp³-hybridized carbons (Fsp3) is 0.308. The SMILES string of the molecule is Cc1ccc(N(c2ccc(C)cc2)c2cc(-c3cc4c5c(c3)C(C)(C)C(C)(C)C5(C)C(C)(C)C4(C)C)cc(N(c3ccc(Br)cc3)c3ccc(Br)cc3)c2)cc1. The fourth-order valence-corrected chi connectivity index (χ4v) is 10.7. The molecule has 0 N–H and O–H groups in total. The second-order valence-corrected chi connectivity index (χ2v) is 20.4. The Bertz CT molecular complexity index is 2200. The van der Waals surface area contributed by atoms with Crippen LogP contribution in [-0.4, -0.2) is 0 Å². The molecule has 0 heterocycles. The van der Waals surface area contributed by atoms with Crippen LogP contribution in [0.3, 0.4) is 0 Å². The smallest absolute Gasteiger partial charge is 0.0488 e. The quantitative estimate of drug-likeness (QED) is 0.158. The molecule has 2 aliphatic rings. The topological polar surface area (TPSA) is 6.48 Å². The molecule has 0 aromatic heterocycles. The number of aryl methyl sites for hydroxylation is 2. The summed E-state index contributed by atoms with van der Waals surface area (Å²) < 4.78 is 2.10. The van der Waals surface area contributed by atoms with Crippen molar-refractivity contribution in [3.05, 3.63) is 164 Å². The molecule has 2 aliphatic carbocycles. The van der Waals surface area contributed by atoms with Gasteiger partial charge in [-0.2, -0.15) is 0 Å². The van der Waals surface area contributed by atoms with Crippen molar-refractivity contribution in [2.24, 2.45) is 10.8 Å². The zero-order valence-electron chi connectivity index (χ0n) is 34.8. The van der Waals surface area contributed by atoms with Gasteiger partial charge in [-0.3, -0.25) is 0 Å². The Hall–Kier alpha value is -4.12. The minimum Gasteiger partial charge on any atom is -0.310 e. The van der Waals surface area contributed by atoms with Gasteiger partial charge in [0.25, 0.3) is 0 Å². The Morgan fingerprint density at radius 1 is 0.375 bits per heavy atom. The lowest BCUT2D eigenvalue weighted by Gasteiger charge is -2.56. The van der Waals surface area contributed by atoms with E-state index in [0.29, 0.717) is 0 Å². The van der Waals surface area contributed by atoms with Crippen molar-refractivity contribution in [3.63, 3.8) is 0 Å². The van der Waals surface area contributed by atoms with E-state index in [1.165, 1.54) is 33.4 Å². The van der Waals surface area contributed by atoms with Gasteiger partial charge in [0, 0.05) is 48.5 Å². The lowest BCUT2D eigenvalue weighted by atomic mass is 9.47. The molecule has 8 rings (SSSR count). The highest BCUT2D eigenvalue weighted by atomic mass is 79.9. The van der Waals surface area contributed by atoms with E-state index < -0.39 is 0 Å². The first-order valence-corrected chi connectivity index (χ1v) is 21.5. The predicted molar refractivity (Wildman–Crippen MR) is 247 cm³/mol. The lowest BCUT2D eigenvalue weighted by molar-refractivity contribution is -0.0105. The molecule has 0 spiro atoms.